The van der Waals surface area contributed by atoms with Crippen LogP contribution in [0.1, 0.15) is 18.1 Å². The molecule has 0 spiro atoms. The van der Waals surface area contributed by atoms with Crippen LogP contribution in [0, 0.1) is 0 Å². The van der Waals surface area contributed by atoms with Gasteiger partial charge in [0.2, 0.25) is 5.91 Å². The number of rotatable bonds is 6. The summed E-state index contributed by atoms with van der Waals surface area (Å²) in [4.78, 5) is 12.1. The van der Waals surface area contributed by atoms with Crippen molar-refractivity contribution < 1.29 is 9.00 Å². The van der Waals surface area contributed by atoms with E-state index in [9.17, 15) is 9.00 Å². The van der Waals surface area contributed by atoms with Gasteiger partial charge in [0.15, 0.2) is 0 Å². The minimum Gasteiger partial charge on any atom is -0.351 e. The molecule has 0 radical (unpaired) electrons. The van der Waals surface area contributed by atoms with Crippen molar-refractivity contribution >= 4 is 28.3 Å². The van der Waals surface area contributed by atoms with Crippen LogP contribution in [0.4, 0.5) is 0 Å². The van der Waals surface area contributed by atoms with E-state index in [-0.39, 0.29) is 5.91 Å². The average molecular weight is 336 g/mol. The van der Waals surface area contributed by atoms with Crippen molar-refractivity contribution in [2.24, 2.45) is 0 Å². The van der Waals surface area contributed by atoms with Crippen molar-refractivity contribution in [1.29, 1.82) is 0 Å². The van der Waals surface area contributed by atoms with E-state index in [1.165, 1.54) is 0 Å². The summed E-state index contributed by atoms with van der Waals surface area (Å²) < 4.78 is 12.3. The largest absolute Gasteiger partial charge is 0.351 e. The SMILES string of the molecule is C[C@@H](C(=O)NCc1ccccc1)[S@](=O)Cc1cccc(Cl)c1. The van der Waals surface area contributed by atoms with Crippen LogP contribution in [0.15, 0.2) is 54.6 Å². The molecule has 0 aliphatic carbocycles. The fourth-order valence-electron chi connectivity index (χ4n) is 1.96. The molecule has 5 heteroatoms. The standard InChI is InChI=1S/C17H18ClNO2S/c1-13(17(20)19-11-14-6-3-2-4-7-14)22(21)12-15-8-5-9-16(18)10-15/h2-10,13H,11-12H2,1H3,(H,19,20)/t13-,22+/m0/s1. The summed E-state index contributed by atoms with van der Waals surface area (Å²) in [5.41, 5.74) is 1.89. The molecular weight excluding hydrogens is 318 g/mol. The molecule has 1 amide bonds. The first-order chi connectivity index (χ1) is 10.6. The fourth-order valence-corrected chi connectivity index (χ4v) is 3.26. The summed E-state index contributed by atoms with van der Waals surface area (Å²) >= 11 is 5.91. The second-order valence-electron chi connectivity index (χ2n) is 5.00. The van der Waals surface area contributed by atoms with Crippen LogP contribution in [-0.2, 0) is 27.9 Å². The first-order valence-electron chi connectivity index (χ1n) is 6.99. The Morgan fingerprint density at radius 1 is 1.14 bits per heavy atom. The Morgan fingerprint density at radius 2 is 1.82 bits per heavy atom. The normalized spacial score (nSPS) is 13.4. The molecule has 0 unspecified atom stereocenters. The van der Waals surface area contributed by atoms with Crippen molar-refractivity contribution in [3.63, 3.8) is 0 Å². The van der Waals surface area contributed by atoms with Crippen molar-refractivity contribution in [2.75, 3.05) is 0 Å². The molecule has 116 valence electrons. The molecule has 0 aliphatic rings. The zero-order chi connectivity index (χ0) is 15.9. The molecule has 2 aromatic rings. The first kappa shape index (κ1) is 16.7. The monoisotopic (exact) mass is 335 g/mol. The van der Waals surface area contributed by atoms with Crippen LogP contribution in [0.5, 0.6) is 0 Å². The van der Waals surface area contributed by atoms with Gasteiger partial charge in [0, 0.05) is 28.1 Å². The Bertz CT molecular complexity index is 661. The quantitative estimate of drug-likeness (QED) is 0.880. The van der Waals surface area contributed by atoms with E-state index in [0.717, 1.165) is 11.1 Å². The molecule has 22 heavy (non-hydrogen) atoms. The van der Waals surface area contributed by atoms with Gasteiger partial charge in [-0.05, 0) is 30.2 Å². The van der Waals surface area contributed by atoms with Gasteiger partial charge in [-0.2, -0.15) is 0 Å². The van der Waals surface area contributed by atoms with Gasteiger partial charge in [-0.15, -0.1) is 0 Å². The molecule has 0 heterocycles. The number of carbonyl (C=O) groups is 1. The summed E-state index contributed by atoms with van der Waals surface area (Å²) in [5, 5.41) is 2.86. The summed E-state index contributed by atoms with van der Waals surface area (Å²) in [6, 6.07) is 16.9. The first-order valence-corrected chi connectivity index (χ1v) is 8.75. The summed E-state index contributed by atoms with van der Waals surface area (Å²) in [7, 11) is -1.28. The van der Waals surface area contributed by atoms with Crippen LogP contribution in [0.3, 0.4) is 0 Å². The van der Waals surface area contributed by atoms with Gasteiger partial charge in [0.1, 0.15) is 5.25 Å². The van der Waals surface area contributed by atoms with Crippen LogP contribution in [0.25, 0.3) is 0 Å². The lowest BCUT2D eigenvalue weighted by atomic mass is 10.2. The molecule has 1 N–H and O–H groups in total. The number of halogens is 1. The number of hydrogen-bond acceptors (Lipinski definition) is 2. The summed E-state index contributed by atoms with van der Waals surface area (Å²) in [5.74, 6) is 0.115. The van der Waals surface area contributed by atoms with E-state index in [1.807, 2.05) is 42.5 Å². The van der Waals surface area contributed by atoms with Gasteiger partial charge in [0.05, 0.1) is 0 Å². The maximum absolute atomic E-state index is 12.3. The maximum Gasteiger partial charge on any atom is 0.235 e. The molecule has 2 aromatic carbocycles. The smallest absolute Gasteiger partial charge is 0.235 e. The van der Waals surface area contributed by atoms with Gasteiger partial charge < -0.3 is 5.32 Å². The van der Waals surface area contributed by atoms with Crippen LogP contribution < -0.4 is 5.32 Å². The zero-order valence-corrected chi connectivity index (χ0v) is 13.9. The van der Waals surface area contributed by atoms with E-state index in [2.05, 4.69) is 5.32 Å². The molecule has 0 fully saturated rings. The van der Waals surface area contributed by atoms with Crippen molar-refractivity contribution in [3.8, 4) is 0 Å². The summed E-state index contributed by atoms with van der Waals surface area (Å²) in [6.45, 7) is 2.12. The number of hydrogen-bond donors (Lipinski definition) is 1. The van der Waals surface area contributed by atoms with Crippen LogP contribution in [-0.4, -0.2) is 15.4 Å². The molecule has 0 aliphatic heterocycles. The average Bonchev–Trinajstić information content (AvgIpc) is 2.53. The number of amides is 1. The number of benzene rings is 2. The zero-order valence-electron chi connectivity index (χ0n) is 12.3. The second kappa shape index (κ2) is 8.11. The van der Waals surface area contributed by atoms with E-state index in [1.54, 1.807) is 19.1 Å². The molecule has 0 bridgehead atoms. The van der Waals surface area contributed by atoms with E-state index in [4.69, 9.17) is 11.6 Å². The van der Waals surface area contributed by atoms with Gasteiger partial charge in [-0.3, -0.25) is 9.00 Å². The topological polar surface area (TPSA) is 46.2 Å². The van der Waals surface area contributed by atoms with Gasteiger partial charge >= 0.3 is 0 Å². The van der Waals surface area contributed by atoms with Crippen molar-refractivity contribution in [1.82, 2.24) is 5.32 Å². The van der Waals surface area contributed by atoms with Crippen molar-refractivity contribution in [3.05, 3.63) is 70.7 Å². The third-order valence-corrected chi connectivity index (χ3v) is 5.13. The summed E-state index contributed by atoms with van der Waals surface area (Å²) in [6.07, 6.45) is 0. The lowest BCUT2D eigenvalue weighted by molar-refractivity contribution is -0.120. The van der Waals surface area contributed by atoms with Crippen molar-refractivity contribution in [2.45, 2.75) is 24.5 Å². The minimum atomic E-state index is -1.28. The minimum absolute atomic E-state index is 0.204. The van der Waals surface area contributed by atoms with Gasteiger partial charge in [0.25, 0.3) is 0 Å². The lowest BCUT2D eigenvalue weighted by Gasteiger charge is -2.12. The third-order valence-electron chi connectivity index (χ3n) is 3.27. The molecule has 0 saturated heterocycles. The highest BCUT2D eigenvalue weighted by Crippen LogP contribution is 2.14. The number of carbonyl (C=O) groups excluding carboxylic acids is 1. The Hall–Kier alpha value is -1.65. The third kappa shape index (κ3) is 4.97. The Morgan fingerprint density at radius 3 is 2.50 bits per heavy atom. The molecule has 2 atom stereocenters. The second-order valence-corrected chi connectivity index (χ2v) is 7.19. The van der Waals surface area contributed by atoms with Crippen LogP contribution in [0.2, 0.25) is 5.02 Å². The predicted octanol–water partition coefficient (Wildman–Crippen LogP) is 3.29. The highest BCUT2D eigenvalue weighted by Gasteiger charge is 2.19. The molecule has 2 rings (SSSR count). The molecular formula is C17H18ClNO2S. The van der Waals surface area contributed by atoms with E-state index < -0.39 is 16.0 Å². The molecule has 3 nitrogen and oxygen atoms in total. The highest BCUT2D eigenvalue weighted by atomic mass is 35.5. The Labute approximate surface area is 138 Å². The van der Waals surface area contributed by atoms with E-state index in [0.29, 0.717) is 17.3 Å². The van der Waals surface area contributed by atoms with E-state index >= 15 is 0 Å². The van der Waals surface area contributed by atoms with Gasteiger partial charge in [-0.1, -0.05) is 54.1 Å². The fraction of sp³-hybridized carbons (Fsp3) is 0.235. The Kier molecular flexibility index (Phi) is 6.16. The highest BCUT2D eigenvalue weighted by molar-refractivity contribution is 7.85. The Balaban J connectivity index is 1.88. The maximum atomic E-state index is 12.3. The predicted molar refractivity (Wildman–Crippen MR) is 91.0 cm³/mol. The lowest BCUT2D eigenvalue weighted by Crippen LogP contribution is -2.35. The molecule has 0 aromatic heterocycles. The van der Waals surface area contributed by atoms with Gasteiger partial charge in [-0.25, -0.2) is 0 Å². The molecule has 0 saturated carbocycles. The number of nitrogens with one attached hydrogen (secondary N) is 1. The van der Waals surface area contributed by atoms with Crippen LogP contribution >= 0.6 is 11.6 Å².